The molecule has 1 aromatic heterocycles. The summed E-state index contributed by atoms with van der Waals surface area (Å²) in [6.45, 7) is 9.01. The number of hydrogen-bond acceptors (Lipinski definition) is 4. The predicted octanol–water partition coefficient (Wildman–Crippen LogP) is 4.40. The average Bonchev–Trinajstić information content (AvgIpc) is 2.95. The molecule has 1 heterocycles. The molecule has 0 aliphatic carbocycles. The number of carbonyl (C=O) groups is 1. The highest BCUT2D eigenvalue weighted by atomic mass is 35.5. The number of aromatic nitrogens is 2. The van der Waals surface area contributed by atoms with Crippen molar-refractivity contribution in [3.63, 3.8) is 0 Å². The summed E-state index contributed by atoms with van der Waals surface area (Å²) >= 11 is 5.97. The molecule has 0 radical (unpaired) electrons. The van der Waals surface area contributed by atoms with Crippen LogP contribution in [0.2, 0.25) is 5.02 Å². The van der Waals surface area contributed by atoms with Crippen molar-refractivity contribution in [1.29, 1.82) is 0 Å². The Morgan fingerprint density at radius 2 is 1.69 bits per heavy atom. The van der Waals surface area contributed by atoms with Crippen LogP contribution in [0.5, 0.6) is 0 Å². The van der Waals surface area contributed by atoms with Gasteiger partial charge in [-0.15, -0.1) is 0 Å². The second kappa shape index (κ2) is 9.05. The van der Waals surface area contributed by atoms with Gasteiger partial charge in [0.15, 0.2) is 0 Å². The fourth-order valence-corrected chi connectivity index (χ4v) is 5.09. The van der Waals surface area contributed by atoms with Gasteiger partial charge < -0.3 is 5.32 Å². The number of halogens is 1. The molecular weight excluding hydrogens is 448 g/mol. The zero-order valence-electron chi connectivity index (χ0n) is 18.7. The Morgan fingerprint density at radius 1 is 1.06 bits per heavy atom. The molecule has 0 saturated heterocycles. The van der Waals surface area contributed by atoms with Gasteiger partial charge in [-0.1, -0.05) is 23.7 Å². The fourth-order valence-electron chi connectivity index (χ4n) is 3.38. The van der Waals surface area contributed by atoms with E-state index >= 15 is 0 Å². The Labute approximate surface area is 193 Å². The van der Waals surface area contributed by atoms with Gasteiger partial charge in [0.1, 0.15) is 4.90 Å². The number of nitrogens with zero attached hydrogens (tertiary/aromatic N) is 2. The first kappa shape index (κ1) is 24.0. The highest BCUT2D eigenvalue weighted by Gasteiger charge is 2.25. The van der Waals surface area contributed by atoms with E-state index in [1.807, 2.05) is 26.0 Å². The van der Waals surface area contributed by atoms with Crippen molar-refractivity contribution in [2.24, 2.45) is 0 Å². The Hall–Kier alpha value is -2.68. The molecule has 2 aromatic carbocycles. The van der Waals surface area contributed by atoms with Gasteiger partial charge in [0, 0.05) is 21.8 Å². The van der Waals surface area contributed by atoms with Gasteiger partial charge in [-0.25, -0.2) is 17.8 Å². The van der Waals surface area contributed by atoms with Crippen LogP contribution in [0.25, 0.3) is 5.69 Å². The van der Waals surface area contributed by atoms with Crippen LogP contribution in [0.15, 0.2) is 53.4 Å². The van der Waals surface area contributed by atoms with E-state index in [2.05, 4.69) is 15.1 Å². The van der Waals surface area contributed by atoms with E-state index in [0.29, 0.717) is 5.02 Å². The van der Waals surface area contributed by atoms with Crippen molar-refractivity contribution in [3.8, 4) is 5.69 Å². The van der Waals surface area contributed by atoms with Gasteiger partial charge in [-0.2, -0.15) is 5.10 Å². The van der Waals surface area contributed by atoms with E-state index < -0.39 is 15.6 Å². The lowest BCUT2D eigenvalue weighted by atomic mass is 10.1. The van der Waals surface area contributed by atoms with Crippen LogP contribution < -0.4 is 10.0 Å². The van der Waals surface area contributed by atoms with E-state index in [0.717, 1.165) is 22.6 Å². The zero-order valence-corrected chi connectivity index (χ0v) is 20.3. The maximum absolute atomic E-state index is 12.9. The van der Waals surface area contributed by atoms with Crippen molar-refractivity contribution in [3.05, 3.63) is 70.5 Å². The summed E-state index contributed by atoms with van der Waals surface area (Å²) in [4.78, 5) is 12.9. The minimum absolute atomic E-state index is 0.0218. The topological polar surface area (TPSA) is 93.1 Å². The molecule has 0 bridgehead atoms. The van der Waals surface area contributed by atoms with Crippen molar-refractivity contribution in [2.75, 3.05) is 5.32 Å². The number of rotatable bonds is 6. The third-order valence-corrected chi connectivity index (χ3v) is 6.81. The third kappa shape index (κ3) is 5.56. The number of benzene rings is 2. The maximum Gasteiger partial charge on any atom is 0.243 e. The first-order valence-corrected chi connectivity index (χ1v) is 12.0. The van der Waals surface area contributed by atoms with Crippen LogP contribution in [0.3, 0.4) is 0 Å². The monoisotopic (exact) mass is 474 g/mol. The van der Waals surface area contributed by atoms with E-state index in [1.165, 1.54) is 6.07 Å². The number of sulfonamides is 1. The molecule has 9 heteroatoms. The van der Waals surface area contributed by atoms with Gasteiger partial charge >= 0.3 is 0 Å². The summed E-state index contributed by atoms with van der Waals surface area (Å²) in [5, 5.41) is 7.93. The van der Waals surface area contributed by atoms with Crippen molar-refractivity contribution in [1.82, 2.24) is 14.5 Å². The largest absolute Gasteiger partial charge is 0.325 e. The van der Waals surface area contributed by atoms with Crippen LogP contribution in [0, 0.1) is 13.8 Å². The van der Waals surface area contributed by atoms with Crippen molar-refractivity contribution in [2.45, 2.75) is 51.5 Å². The lowest BCUT2D eigenvalue weighted by Crippen LogP contribution is -2.40. The Morgan fingerprint density at radius 3 is 2.31 bits per heavy atom. The van der Waals surface area contributed by atoms with E-state index in [-0.39, 0.29) is 22.9 Å². The summed E-state index contributed by atoms with van der Waals surface area (Å²) in [6, 6.07) is 13.6. The van der Waals surface area contributed by atoms with Crippen LogP contribution in [-0.4, -0.2) is 29.6 Å². The number of hydrogen-bond donors (Lipinski definition) is 2. The maximum atomic E-state index is 12.9. The second-order valence-corrected chi connectivity index (χ2v) is 10.7. The van der Waals surface area contributed by atoms with Crippen LogP contribution in [-0.2, 0) is 21.2 Å². The number of aryl methyl sites for hydroxylation is 1. The molecule has 0 aliphatic heterocycles. The number of nitrogens with one attached hydrogen (secondary N) is 2. The van der Waals surface area contributed by atoms with E-state index in [9.17, 15) is 13.2 Å². The molecule has 0 unspecified atom stereocenters. The first-order valence-electron chi connectivity index (χ1n) is 10.1. The summed E-state index contributed by atoms with van der Waals surface area (Å²) in [5.41, 5.74) is 2.75. The number of carbonyl (C=O) groups excluding carboxylic acids is 1. The van der Waals surface area contributed by atoms with Gasteiger partial charge in [0.2, 0.25) is 15.9 Å². The summed E-state index contributed by atoms with van der Waals surface area (Å²) in [7, 11) is -3.81. The Bertz CT molecular complexity index is 1240. The normalized spacial score (nSPS) is 12.1. The van der Waals surface area contributed by atoms with Crippen molar-refractivity contribution < 1.29 is 13.2 Å². The molecule has 1 amide bonds. The lowest BCUT2D eigenvalue weighted by Gasteiger charge is -2.21. The first-order chi connectivity index (χ1) is 14.9. The summed E-state index contributed by atoms with van der Waals surface area (Å²) in [6.07, 6.45) is 0.0618. The third-order valence-electron chi connectivity index (χ3n) is 4.74. The number of anilines is 1. The van der Waals surface area contributed by atoms with Gasteiger partial charge in [-0.3, -0.25) is 4.79 Å². The smallest absolute Gasteiger partial charge is 0.243 e. The second-order valence-electron chi connectivity index (χ2n) is 8.61. The minimum Gasteiger partial charge on any atom is -0.325 e. The number of para-hydroxylation sites is 1. The highest BCUT2D eigenvalue weighted by Crippen LogP contribution is 2.24. The van der Waals surface area contributed by atoms with Crippen LogP contribution in [0.1, 0.15) is 37.7 Å². The standard InChI is InChI=1S/C23H27ClN4O3S/c1-15-19(16(2)28(26-15)18-12-10-17(24)11-13-18)14-22(29)25-20-8-6-7-9-21(20)32(30,31)27-23(3,4)5/h6-13,27H,14H2,1-5H3,(H,25,29). The average molecular weight is 475 g/mol. The molecule has 0 spiro atoms. The van der Waals surface area contributed by atoms with Gasteiger partial charge in [0.25, 0.3) is 0 Å². The predicted molar refractivity (Wildman–Crippen MR) is 127 cm³/mol. The molecule has 3 aromatic rings. The fraction of sp³-hybridized carbons (Fsp3) is 0.304. The van der Waals surface area contributed by atoms with Gasteiger partial charge in [-0.05, 0) is 71.0 Å². The van der Waals surface area contributed by atoms with Crippen LogP contribution >= 0.6 is 11.6 Å². The quantitative estimate of drug-likeness (QED) is 0.553. The molecule has 3 rings (SSSR count). The molecule has 0 saturated carbocycles. The molecule has 2 N–H and O–H groups in total. The summed E-state index contributed by atoms with van der Waals surface area (Å²) in [5.74, 6) is -0.328. The molecule has 32 heavy (non-hydrogen) atoms. The zero-order chi connectivity index (χ0) is 23.7. The minimum atomic E-state index is -3.81. The molecular formula is C23H27ClN4O3S. The molecule has 170 valence electrons. The van der Waals surface area contributed by atoms with E-state index in [1.54, 1.807) is 55.8 Å². The molecule has 7 nitrogen and oxygen atoms in total. The molecule has 0 fully saturated rings. The Kier molecular flexibility index (Phi) is 6.78. The summed E-state index contributed by atoms with van der Waals surface area (Å²) < 4.78 is 30.0. The Balaban J connectivity index is 1.84. The highest BCUT2D eigenvalue weighted by molar-refractivity contribution is 7.89. The molecule has 0 aliphatic rings. The lowest BCUT2D eigenvalue weighted by molar-refractivity contribution is -0.115. The van der Waals surface area contributed by atoms with Crippen LogP contribution in [0.4, 0.5) is 5.69 Å². The van der Waals surface area contributed by atoms with Crippen molar-refractivity contribution >= 4 is 33.2 Å². The number of amides is 1. The van der Waals surface area contributed by atoms with E-state index in [4.69, 9.17) is 11.6 Å². The SMILES string of the molecule is Cc1nn(-c2ccc(Cl)cc2)c(C)c1CC(=O)Nc1ccccc1S(=O)(=O)NC(C)(C)C. The van der Waals surface area contributed by atoms with Gasteiger partial charge in [0.05, 0.1) is 23.5 Å². The molecule has 0 atom stereocenters.